The number of anilines is 1. The van der Waals surface area contributed by atoms with E-state index in [-0.39, 0.29) is 11.3 Å². The molecule has 0 saturated heterocycles. The number of nitrogens with zero attached hydrogens (tertiary/aromatic N) is 1. The highest BCUT2D eigenvalue weighted by Crippen LogP contribution is 2.23. The standard InChI is InChI=1S/C15H10BrFN2O2/c16-11-6-2-3-7-12(11)19-15(20)14(17)21-13-8-4-1-5-10(13)9-18/h1-8,14H,(H,19,20). The van der Waals surface area contributed by atoms with Crippen molar-refractivity contribution in [2.75, 3.05) is 5.32 Å². The summed E-state index contributed by atoms with van der Waals surface area (Å²) in [5.41, 5.74) is 0.594. The molecule has 0 aliphatic heterocycles. The van der Waals surface area contributed by atoms with E-state index in [1.807, 2.05) is 6.07 Å². The van der Waals surface area contributed by atoms with Gasteiger partial charge in [-0.1, -0.05) is 24.3 Å². The lowest BCUT2D eigenvalue weighted by Crippen LogP contribution is -2.29. The Kier molecular flexibility index (Phi) is 4.90. The molecule has 21 heavy (non-hydrogen) atoms. The predicted molar refractivity (Wildman–Crippen MR) is 79.5 cm³/mol. The zero-order valence-electron chi connectivity index (χ0n) is 10.7. The lowest BCUT2D eigenvalue weighted by Gasteiger charge is -2.13. The van der Waals surface area contributed by atoms with Gasteiger partial charge in [0.1, 0.15) is 11.8 Å². The first-order valence-corrected chi connectivity index (χ1v) is 6.76. The summed E-state index contributed by atoms with van der Waals surface area (Å²) in [5.74, 6) is -0.926. The molecule has 0 spiro atoms. The molecule has 106 valence electrons. The molecular weight excluding hydrogens is 339 g/mol. The van der Waals surface area contributed by atoms with Gasteiger partial charge in [0.05, 0.1) is 11.3 Å². The van der Waals surface area contributed by atoms with Gasteiger partial charge in [0.2, 0.25) is 0 Å². The highest BCUT2D eigenvalue weighted by atomic mass is 79.9. The molecule has 0 saturated carbocycles. The van der Waals surface area contributed by atoms with Crippen molar-refractivity contribution in [1.82, 2.24) is 0 Å². The Balaban J connectivity index is 2.07. The molecule has 0 bridgehead atoms. The van der Waals surface area contributed by atoms with Crippen molar-refractivity contribution in [3.05, 3.63) is 58.6 Å². The lowest BCUT2D eigenvalue weighted by molar-refractivity contribution is -0.129. The van der Waals surface area contributed by atoms with Gasteiger partial charge in [-0.25, -0.2) is 0 Å². The number of nitrogens with one attached hydrogen (secondary N) is 1. The van der Waals surface area contributed by atoms with Crippen LogP contribution in [0, 0.1) is 11.3 Å². The number of ether oxygens (including phenoxy) is 1. The van der Waals surface area contributed by atoms with Crippen molar-refractivity contribution in [3.63, 3.8) is 0 Å². The summed E-state index contributed by atoms with van der Waals surface area (Å²) in [4.78, 5) is 11.8. The summed E-state index contributed by atoms with van der Waals surface area (Å²) in [6.45, 7) is 0. The summed E-state index contributed by atoms with van der Waals surface area (Å²) in [6, 6.07) is 14.8. The number of halogens is 2. The number of nitriles is 1. The van der Waals surface area contributed by atoms with Crippen LogP contribution in [0.1, 0.15) is 5.56 Å². The van der Waals surface area contributed by atoms with Crippen LogP contribution >= 0.6 is 15.9 Å². The van der Waals surface area contributed by atoms with Crippen LogP contribution in [0.4, 0.5) is 10.1 Å². The number of carbonyl (C=O) groups is 1. The van der Waals surface area contributed by atoms with E-state index < -0.39 is 12.3 Å². The third-order valence-electron chi connectivity index (χ3n) is 2.58. The van der Waals surface area contributed by atoms with Crippen LogP contribution in [0.3, 0.4) is 0 Å². The van der Waals surface area contributed by atoms with Gasteiger partial charge in [0, 0.05) is 4.47 Å². The average molecular weight is 349 g/mol. The van der Waals surface area contributed by atoms with E-state index in [1.165, 1.54) is 12.1 Å². The molecular formula is C15H10BrFN2O2. The number of hydrogen-bond donors (Lipinski definition) is 1. The average Bonchev–Trinajstić information content (AvgIpc) is 2.50. The molecule has 0 heterocycles. The summed E-state index contributed by atoms with van der Waals surface area (Å²) in [7, 11) is 0. The zero-order valence-corrected chi connectivity index (χ0v) is 12.3. The van der Waals surface area contributed by atoms with Gasteiger partial charge in [-0.15, -0.1) is 0 Å². The number of amides is 1. The van der Waals surface area contributed by atoms with Crippen molar-refractivity contribution < 1.29 is 13.9 Å². The van der Waals surface area contributed by atoms with Crippen LogP contribution in [0.2, 0.25) is 0 Å². The highest BCUT2D eigenvalue weighted by Gasteiger charge is 2.21. The number of alkyl halides is 1. The fraction of sp³-hybridized carbons (Fsp3) is 0.0667. The van der Waals surface area contributed by atoms with Crippen molar-refractivity contribution in [2.24, 2.45) is 0 Å². The molecule has 4 nitrogen and oxygen atoms in total. The second kappa shape index (κ2) is 6.86. The van der Waals surface area contributed by atoms with Crippen molar-refractivity contribution in [1.29, 1.82) is 5.26 Å². The van der Waals surface area contributed by atoms with E-state index in [1.54, 1.807) is 36.4 Å². The quantitative estimate of drug-likeness (QED) is 0.917. The minimum absolute atomic E-state index is 0.0229. The van der Waals surface area contributed by atoms with Crippen LogP contribution in [-0.4, -0.2) is 12.3 Å². The van der Waals surface area contributed by atoms with Crippen molar-refractivity contribution in [3.8, 4) is 11.8 Å². The van der Waals surface area contributed by atoms with Crippen LogP contribution in [0.15, 0.2) is 53.0 Å². The third-order valence-corrected chi connectivity index (χ3v) is 3.27. The first kappa shape index (κ1) is 15.0. The second-order valence-electron chi connectivity index (χ2n) is 4.01. The molecule has 6 heteroatoms. The monoisotopic (exact) mass is 348 g/mol. The van der Waals surface area contributed by atoms with Crippen LogP contribution in [0.5, 0.6) is 5.75 Å². The maximum atomic E-state index is 13.9. The van der Waals surface area contributed by atoms with Gasteiger partial charge in [-0.05, 0) is 40.2 Å². The van der Waals surface area contributed by atoms with Gasteiger partial charge in [-0.2, -0.15) is 9.65 Å². The molecule has 0 radical (unpaired) electrons. The van der Waals surface area contributed by atoms with Crippen molar-refractivity contribution >= 4 is 27.5 Å². The number of benzene rings is 2. The predicted octanol–water partition coefficient (Wildman–Crippen LogP) is 3.63. The summed E-state index contributed by atoms with van der Waals surface area (Å²) in [6.07, 6.45) is -2.22. The molecule has 0 aromatic heterocycles. The second-order valence-corrected chi connectivity index (χ2v) is 4.87. The highest BCUT2D eigenvalue weighted by molar-refractivity contribution is 9.10. The largest absolute Gasteiger partial charge is 0.450 e. The zero-order chi connectivity index (χ0) is 15.2. The van der Waals surface area contributed by atoms with E-state index in [9.17, 15) is 9.18 Å². The first-order chi connectivity index (χ1) is 10.1. The van der Waals surface area contributed by atoms with Crippen molar-refractivity contribution in [2.45, 2.75) is 6.36 Å². The minimum atomic E-state index is -2.22. The Hall–Kier alpha value is -2.39. The number of hydrogen-bond acceptors (Lipinski definition) is 3. The fourth-order valence-electron chi connectivity index (χ4n) is 1.58. The van der Waals surface area contributed by atoms with Gasteiger partial charge in [-0.3, -0.25) is 4.79 Å². The van der Waals surface area contributed by atoms with E-state index >= 15 is 0 Å². The molecule has 1 N–H and O–H groups in total. The SMILES string of the molecule is N#Cc1ccccc1OC(F)C(=O)Nc1ccccc1Br. The number of rotatable bonds is 4. The summed E-state index contributed by atoms with van der Waals surface area (Å²) < 4.78 is 19.4. The summed E-state index contributed by atoms with van der Waals surface area (Å²) >= 11 is 3.24. The molecule has 0 fully saturated rings. The minimum Gasteiger partial charge on any atom is -0.450 e. The summed E-state index contributed by atoms with van der Waals surface area (Å²) in [5, 5.41) is 11.3. The van der Waals surface area contributed by atoms with Gasteiger partial charge in [0.25, 0.3) is 5.91 Å². The van der Waals surface area contributed by atoms with E-state index in [4.69, 9.17) is 10.00 Å². The van der Waals surface area contributed by atoms with Gasteiger partial charge < -0.3 is 10.1 Å². The topological polar surface area (TPSA) is 62.1 Å². The molecule has 1 unspecified atom stereocenters. The van der Waals surface area contributed by atoms with Crippen LogP contribution < -0.4 is 10.1 Å². The maximum absolute atomic E-state index is 13.9. The Morgan fingerprint density at radius 1 is 1.24 bits per heavy atom. The molecule has 1 atom stereocenters. The van der Waals surface area contributed by atoms with Gasteiger partial charge >= 0.3 is 6.36 Å². The number of para-hydroxylation sites is 2. The van der Waals surface area contributed by atoms with Gasteiger partial charge in [0.15, 0.2) is 0 Å². The molecule has 1 amide bonds. The van der Waals surface area contributed by atoms with Crippen LogP contribution in [-0.2, 0) is 4.79 Å². The smallest absolute Gasteiger partial charge is 0.317 e. The maximum Gasteiger partial charge on any atom is 0.317 e. The lowest BCUT2D eigenvalue weighted by atomic mass is 10.2. The Bertz CT molecular complexity index is 700. The molecule has 2 aromatic carbocycles. The first-order valence-electron chi connectivity index (χ1n) is 5.97. The molecule has 2 rings (SSSR count). The molecule has 0 aliphatic carbocycles. The fourth-order valence-corrected chi connectivity index (χ4v) is 1.96. The van der Waals surface area contributed by atoms with E-state index in [2.05, 4.69) is 21.2 Å². The third kappa shape index (κ3) is 3.80. The Labute approximate surface area is 129 Å². The Morgan fingerprint density at radius 3 is 2.62 bits per heavy atom. The Morgan fingerprint density at radius 2 is 1.90 bits per heavy atom. The molecule has 2 aromatic rings. The van der Waals surface area contributed by atoms with Crippen LogP contribution in [0.25, 0.3) is 0 Å². The number of carbonyl (C=O) groups excluding carboxylic acids is 1. The van der Waals surface area contributed by atoms with E-state index in [0.717, 1.165) is 0 Å². The molecule has 0 aliphatic rings. The van der Waals surface area contributed by atoms with E-state index in [0.29, 0.717) is 10.2 Å². The normalized spacial score (nSPS) is 11.3.